The first kappa shape index (κ1) is 22.8. The quantitative estimate of drug-likeness (QED) is 0.290. The van der Waals surface area contributed by atoms with E-state index in [1.54, 1.807) is 42.5 Å². The number of thiol groups is 1. The fraction of sp³-hybridized carbons (Fsp3) is 0.0870. The Morgan fingerprint density at radius 1 is 1.06 bits per heavy atom. The Balaban J connectivity index is 1.61. The number of aromatic nitrogens is 3. The monoisotopic (exact) mass is 477 g/mol. The molecule has 2 aromatic heterocycles. The second-order valence-electron chi connectivity index (χ2n) is 6.93. The van der Waals surface area contributed by atoms with E-state index in [0.717, 1.165) is 4.31 Å². The van der Waals surface area contributed by atoms with Crippen LogP contribution in [0, 0.1) is 0 Å². The van der Waals surface area contributed by atoms with Crippen LogP contribution in [0.1, 0.15) is 10.4 Å². The molecule has 172 valence electrons. The number of nitrogens with zero attached hydrogens (tertiary/aromatic N) is 4. The summed E-state index contributed by atoms with van der Waals surface area (Å²) in [7, 11) is 2.71. The van der Waals surface area contributed by atoms with Gasteiger partial charge in [-0.15, -0.1) is 0 Å². The molecule has 0 saturated carbocycles. The molecule has 0 fully saturated rings. The number of esters is 1. The van der Waals surface area contributed by atoms with Crippen LogP contribution in [0.25, 0.3) is 22.4 Å². The molecule has 0 aliphatic heterocycles. The minimum atomic E-state index is -0.659. The minimum Gasteiger partial charge on any atom is -0.504 e. The standard InChI is InChI=1S/C23H19N5O5S/c1-32-19-11-13(7-10-18(19)29)15-8-9-16-21(25-15)26-20(12-24-16)27-23(31)28(34)17-6-4-3-5-14(17)22(30)33-2/h3-12,29,34H,1-2H3,(H,25,26,27,31). The Morgan fingerprint density at radius 3 is 2.62 bits per heavy atom. The number of carbonyl (C=O) groups is 2. The molecule has 0 aliphatic carbocycles. The van der Waals surface area contributed by atoms with E-state index in [0.29, 0.717) is 28.2 Å². The molecule has 0 saturated heterocycles. The summed E-state index contributed by atoms with van der Waals surface area (Å²) in [5.74, 6) is -0.134. The van der Waals surface area contributed by atoms with E-state index in [9.17, 15) is 14.7 Å². The van der Waals surface area contributed by atoms with Crippen LogP contribution in [0.5, 0.6) is 11.5 Å². The molecule has 2 aromatic carbocycles. The lowest BCUT2D eigenvalue weighted by Gasteiger charge is -2.18. The summed E-state index contributed by atoms with van der Waals surface area (Å²) in [5.41, 5.74) is 2.51. The van der Waals surface area contributed by atoms with Crippen LogP contribution in [0.3, 0.4) is 0 Å². The maximum Gasteiger partial charge on any atom is 0.340 e. The van der Waals surface area contributed by atoms with Crippen molar-refractivity contribution in [1.29, 1.82) is 0 Å². The van der Waals surface area contributed by atoms with Crippen LogP contribution in [0.15, 0.2) is 60.8 Å². The molecule has 11 heteroatoms. The Hall–Kier alpha value is -4.38. The molecule has 2 amide bonds. The van der Waals surface area contributed by atoms with Gasteiger partial charge in [-0.25, -0.2) is 28.8 Å². The Labute approximate surface area is 199 Å². The van der Waals surface area contributed by atoms with Crippen molar-refractivity contribution in [1.82, 2.24) is 15.0 Å². The number of amides is 2. The summed E-state index contributed by atoms with van der Waals surface area (Å²) in [6, 6.07) is 14.1. The smallest absolute Gasteiger partial charge is 0.340 e. The van der Waals surface area contributed by atoms with Crippen molar-refractivity contribution >= 4 is 47.5 Å². The lowest BCUT2D eigenvalue weighted by molar-refractivity contribution is 0.0602. The number of methoxy groups -OCH3 is 2. The normalized spacial score (nSPS) is 10.6. The average molecular weight is 478 g/mol. The topological polar surface area (TPSA) is 127 Å². The first-order valence-electron chi connectivity index (χ1n) is 9.89. The van der Waals surface area contributed by atoms with Crippen LogP contribution in [0.4, 0.5) is 16.3 Å². The van der Waals surface area contributed by atoms with Gasteiger partial charge in [-0.3, -0.25) is 5.32 Å². The zero-order valence-corrected chi connectivity index (χ0v) is 19.0. The van der Waals surface area contributed by atoms with Gasteiger partial charge >= 0.3 is 12.0 Å². The number of nitrogens with one attached hydrogen (secondary N) is 1. The van der Waals surface area contributed by atoms with Crippen molar-refractivity contribution in [3.05, 3.63) is 66.4 Å². The number of fused-ring (bicyclic) bond motifs is 1. The van der Waals surface area contributed by atoms with E-state index in [1.165, 1.54) is 32.5 Å². The number of benzene rings is 2. The molecule has 2 heterocycles. The molecule has 0 radical (unpaired) electrons. The van der Waals surface area contributed by atoms with Gasteiger partial charge in [0.2, 0.25) is 0 Å². The van der Waals surface area contributed by atoms with Crippen molar-refractivity contribution in [2.24, 2.45) is 0 Å². The molecular formula is C23H19N5O5S. The predicted molar refractivity (Wildman–Crippen MR) is 129 cm³/mol. The van der Waals surface area contributed by atoms with Gasteiger partial charge in [0.25, 0.3) is 0 Å². The van der Waals surface area contributed by atoms with E-state index >= 15 is 0 Å². The Bertz CT molecular complexity index is 1400. The number of phenolic OH excluding ortho intramolecular Hbond substituents is 1. The predicted octanol–water partition coefficient (Wildman–Crippen LogP) is 4.08. The van der Waals surface area contributed by atoms with Crippen LogP contribution in [-0.2, 0) is 4.74 Å². The summed E-state index contributed by atoms with van der Waals surface area (Å²) >= 11 is 4.23. The third kappa shape index (κ3) is 4.55. The van der Waals surface area contributed by atoms with Crippen LogP contribution in [0.2, 0.25) is 0 Å². The van der Waals surface area contributed by atoms with Gasteiger partial charge in [0.1, 0.15) is 5.52 Å². The summed E-state index contributed by atoms with van der Waals surface area (Å²) in [5, 5.41) is 12.4. The molecule has 0 spiro atoms. The number of anilines is 2. The van der Waals surface area contributed by atoms with Crippen molar-refractivity contribution in [3.8, 4) is 22.8 Å². The number of rotatable bonds is 5. The molecule has 0 unspecified atom stereocenters. The summed E-state index contributed by atoms with van der Waals surface area (Å²) in [4.78, 5) is 37.9. The molecule has 0 aliphatic rings. The minimum absolute atomic E-state index is 0.0157. The number of urea groups is 1. The fourth-order valence-corrected chi connectivity index (χ4v) is 3.39. The van der Waals surface area contributed by atoms with Gasteiger partial charge in [-0.05, 0) is 42.5 Å². The van der Waals surface area contributed by atoms with Gasteiger partial charge in [0.05, 0.1) is 37.4 Å². The number of hydrogen-bond donors (Lipinski definition) is 3. The summed E-state index contributed by atoms with van der Waals surface area (Å²) in [6.07, 6.45) is 1.39. The number of hydrogen-bond acceptors (Lipinski definition) is 9. The van der Waals surface area contributed by atoms with Gasteiger partial charge in [-0.2, -0.15) is 0 Å². The SMILES string of the molecule is COC(=O)c1ccccc1N(S)C(=O)Nc1cnc2ccc(-c3ccc(O)c(OC)c3)nc2n1. The van der Waals surface area contributed by atoms with Crippen molar-refractivity contribution in [2.45, 2.75) is 0 Å². The molecule has 0 bridgehead atoms. The van der Waals surface area contributed by atoms with E-state index in [1.807, 2.05) is 0 Å². The number of para-hydroxylation sites is 1. The van der Waals surface area contributed by atoms with Gasteiger partial charge in [0.15, 0.2) is 23.0 Å². The molecule has 34 heavy (non-hydrogen) atoms. The molecule has 2 N–H and O–H groups in total. The lowest BCUT2D eigenvalue weighted by atomic mass is 10.1. The first-order chi connectivity index (χ1) is 16.4. The third-order valence-corrected chi connectivity index (χ3v) is 5.24. The van der Waals surface area contributed by atoms with Crippen LogP contribution >= 0.6 is 12.8 Å². The van der Waals surface area contributed by atoms with E-state index in [2.05, 4.69) is 33.1 Å². The molecular weight excluding hydrogens is 458 g/mol. The van der Waals surface area contributed by atoms with Crippen LogP contribution < -0.4 is 14.4 Å². The summed E-state index contributed by atoms with van der Waals surface area (Å²) < 4.78 is 10.9. The van der Waals surface area contributed by atoms with E-state index < -0.39 is 12.0 Å². The average Bonchev–Trinajstić information content (AvgIpc) is 2.87. The van der Waals surface area contributed by atoms with Gasteiger partial charge < -0.3 is 14.6 Å². The van der Waals surface area contributed by atoms with Crippen molar-refractivity contribution in [2.75, 3.05) is 23.8 Å². The highest BCUT2D eigenvalue weighted by Crippen LogP contribution is 2.31. The third-order valence-electron chi connectivity index (χ3n) is 4.85. The molecule has 0 atom stereocenters. The highest BCUT2D eigenvalue weighted by Gasteiger charge is 2.20. The molecule has 4 aromatic rings. The van der Waals surface area contributed by atoms with E-state index in [-0.39, 0.29) is 22.8 Å². The first-order valence-corrected chi connectivity index (χ1v) is 10.3. The van der Waals surface area contributed by atoms with Crippen LogP contribution in [-0.4, -0.2) is 46.3 Å². The number of pyridine rings is 1. The summed E-state index contributed by atoms with van der Waals surface area (Å²) in [6.45, 7) is 0. The lowest BCUT2D eigenvalue weighted by Crippen LogP contribution is -2.28. The largest absolute Gasteiger partial charge is 0.504 e. The Morgan fingerprint density at radius 2 is 1.85 bits per heavy atom. The number of carbonyl (C=O) groups excluding carboxylic acids is 2. The van der Waals surface area contributed by atoms with Crippen molar-refractivity contribution < 1.29 is 24.2 Å². The molecule has 4 rings (SSSR count). The Kier molecular flexibility index (Phi) is 6.46. The fourth-order valence-electron chi connectivity index (χ4n) is 3.17. The highest BCUT2D eigenvalue weighted by molar-refractivity contribution is 7.82. The zero-order chi connectivity index (χ0) is 24.2. The zero-order valence-electron chi connectivity index (χ0n) is 18.1. The number of phenols is 1. The van der Waals surface area contributed by atoms with Gasteiger partial charge in [-0.1, -0.05) is 24.9 Å². The molecule has 10 nitrogen and oxygen atoms in total. The number of ether oxygens (including phenoxy) is 2. The highest BCUT2D eigenvalue weighted by atomic mass is 32.1. The second kappa shape index (κ2) is 9.63. The maximum atomic E-state index is 12.8. The van der Waals surface area contributed by atoms with Gasteiger partial charge in [0, 0.05) is 5.56 Å². The maximum absolute atomic E-state index is 12.8. The second-order valence-corrected chi connectivity index (χ2v) is 7.33. The number of aromatic hydroxyl groups is 1. The van der Waals surface area contributed by atoms with Crippen molar-refractivity contribution in [3.63, 3.8) is 0 Å². The van der Waals surface area contributed by atoms with E-state index in [4.69, 9.17) is 9.47 Å².